The van der Waals surface area contributed by atoms with Crippen LogP contribution in [0.3, 0.4) is 0 Å². The van der Waals surface area contributed by atoms with Crippen LogP contribution in [-0.2, 0) is 19.6 Å². The van der Waals surface area contributed by atoms with E-state index in [1.54, 1.807) is 6.92 Å². The van der Waals surface area contributed by atoms with Gasteiger partial charge >= 0.3 is 5.97 Å². The molecule has 7 nitrogen and oxygen atoms in total. The van der Waals surface area contributed by atoms with E-state index >= 15 is 0 Å². The zero-order valence-corrected chi connectivity index (χ0v) is 12.6. The molecule has 0 aromatic rings. The van der Waals surface area contributed by atoms with Crippen LogP contribution < -0.4 is 10.0 Å². The molecule has 2 unspecified atom stereocenters. The first-order chi connectivity index (χ1) is 9.85. The molecule has 3 N–H and O–H groups in total. The lowest BCUT2D eigenvalue weighted by Gasteiger charge is -2.23. The van der Waals surface area contributed by atoms with Crippen LogP contribution in [0.25, 0.3) is 0 Å². The number of sulfonamides is 1. The highest BCUT2D eigenvalue weighted by atomic mass is 32.2. The fraction of sp³-hybridized carbons (Fsp3) is 0.692. The highest BCUT2D eigenvalue weighted by Gasteiger charge is 2.51. The van der Waals surface area contributed by atoms with Crippen molar-refractivity contribution in [2.75, 3.05) is 18.8 Å². The van der Waals surface area contributed by atoms with Crippen LogP contribution in [0.4, 0.5) is 0 Å². The van der Waals surface area contributed by atoms with Crippen molar-refractivity contribution >= 4 is 21.9 Å². The normalized spacial score (nSPS) is 30.5. The van der Waals surface area contributed by atoms with Gasteiger partial charge in [-0.15, -0.1) is 0 Å². The molecule has 2 rings (SSSR count). The zero-order valence-electron chi connectivity index (χ0n) is 11.8. The average Bonchev–Trinajstić information content (AvgIpc) is 2.97. The van der Waals surface area contributed by atoms with E-state index in [0.717, 1.165) is 0 Å². The molecule has 4 atom stereocenters. The zero-order chi connectivity index (χ0) is 15.6. The molecular weight excluding hydrogens is 296 g/mol. The van der Waals surface area contributed by atoms with Crippen molar-refractivity contribution in [2.24, 2.45) is 23.7 Å². The van der Waals surface area contributed by atoms with Crippen LogP contribution >= 0.6 is 0 Å². The second-order valence-electron chi connectivity index (χ2n) is 5.45. The lowest BCUT2D eigenvalue weighted by molar-refractivity contribution is -0.147. The van der Waals surface area contributed by atoms with Gasteiger partial charge in [0.15, 0.2) is 0 Å². The van der Waals surface area contributed by atoms with Gasteiger partial charge in [0.1, 0.15) is 0 Å². The Kier molecular flexibility index (Phi) is 4.67. The van der Waals surface area contributed by atoms with E-state index in [-0.39, 0.29) is 30.0 Å². The molecule has 0 spiro atoms. The van der Waals surface area contributed by atoms with E-state index in [2.05, 4.69) is 10.0 Å². The number of amides is 1. The molecule has 1 saturated carbocycles. The van der Waals surface area contributed by atoms with Gasteiger partial charge in [-0.1, -0.05) is 19.1 Å². The molecule has 2 bridgehead atoms. The molecule has 1 fully saturated rings. The number of carboxylic acids is 1. The van der Waals surface area contributed by atoms with Crippen molar-refractivity contribution in [1.82, 2.24) is 10.0 Å². The number of carbonyl (C=O) groups excluding carboxylic acids is 1. The number of allylic oxidation sites excluding steroid dienone is 2. The van der Waals surface area contributed by atoms with Crippen molar-refractivity contribution in [3.63, 3.8) is 0 Å². The maximum atomic E-state index is 12.2. The minimum atomic E-state index is -3.39. The predicted octanol–water partition coefficient (Wildman–Crippen LogP) is -0.435. The van der Waals surface area contributed by atoms with E-state index in [0.29, 0.717) is 13.0 Å². The molecule has 8 heteroatoms. The van der Waals surface area contributed by atoms with Crippen molar-refractivity contribution in [1.29, 1.82) is 0 Å². The Hall–Kier alpha value is -1.41. The van der Waals surface area contributed by atoms with Crippen LogP contribution in [0.5, 0.6) is 0 Å². The van der Waals surface area contributed by atoms with Gasteiger partial charge < -0.3 is 10.4 Å². The minimum Gasteiger partial charge on any atom is -0.481 e. The Morgan fingerprint density at radius 2 is 1.86 bits per heavy atom. The van der Waals surface area contributed by atoms with E-state index in [1.807, 2.05) is 12.2 Å². The molecular formula is C13H20N2O5S. The van der Waals surface area contributed by atoms with Crippen molar-refractivity contribution in [3.05, 3.63) is 12.2 Å². The number of fused-ring (bicyclic) bond motifs is 2. The molecule has 2 aliphatic rings. The van der Waals surface area contributed by atoms with Crippen LogP contribution in [0.1, 0.15) is 13.3 Å². The van der Waals surface area contributed by atoms with Gasteiger partial charge in [0, 0.05) is 13.1 Å². The fourth-order valence-electron chi connectivity index (χ4n) is 3.23. The van der Waals surface area contributed by atoms with Crippen LogP contribution in [0, 0.1) is 23.7 Å². The molecule has 0 aliphatic heterocycles. The standard InChI is InChI=1S/C13H20N2O5S/c1-2-15-21(19,20)6-5-14-12(16)10-8-3-4-9(7-8)11(10)13(17)18/h3-4,8-11,15H,2,5-7H2,1H3,(H,14,16)(H,17,18)/t8?,9?,10-,11+/m0/s1. The second-order valence-corrected chi connectivity index (χ2v) is 7.37. The Morgan fingerprint density at radius 3 is 2.43 bits per heavy atom. The monoisotopic (exact) mass is 316 g/mol. The Balaban J connectivity index is 1.92. The van der Waals surface area contributed by atoms with Gasteiger partial charge in [-0.25, -0.2) is 13.1 Å². The van der Waals surface area contributed by atoms with E-state index in [9.17, 15) is 23.1 Å². The predicted molar refractivity (Wildman–Crippen MR) is 75.8 cm³/mol. The molecule has 0 radical (unpaired) electrons. The third kappa shape index (κ3) is 3.44. The Labute approximate surface area is 123 Å². The number of nitrogens with one attached hydrogen (secondary N) is 2. The summed E-state index contributed by atoms with van der Waals surface area (Å²) in [6.45, 7) is 1.96. The van der Waals surface area contributed by atoms with Crippen LogP contribution in [0.2, 0.25) is 0 Å². The summed E-state index contributed by atoms with van der Waals surface area (Å²) in [4.78, 5) is 23.5. The highest BCUT2D eigenvalue weighted by molar-refractivity contribution is 7.89. The summed E-state index contributed by atoms with van der Waals surface area (Å²) in [7, 11) is -3.39. The SMILES string of the molecule is CCNS(=O)(=O)CCNC(=O)[C@H]1C2C=CC(C2)[C@H]1C(=O)O. The molecule has 0 heterocycles. The summed E-state index contributed by atoms with van der Waals surface area (Å²) in [6.07, 6.45) is 4.44. The van der Waals surface area contributed by atoms with Gasteiger partial charge in [0.2, 0.25) is 15.9 Å². The average molecular weight is 316 g/mol. The third-order valence-corrected chi connectivity index (χ3v) is 5.55. The topological polar surface area (TPSA) is 113 Å². The first-order valence-corrected chi connectivity index (χ1v) is 8.67. The minimum absolute atomic E-state index is 0.0158. The number of carboxylic acid groups (broad SMARTS) is 1. The van der Waals surface area contributed by atoms with E-state index in [1.165, 1.54) is 0 Å². The summed E-state index contributed by atoms with van der Waals surface area (Å²) in [5.74, 6) is -2.99. The van der Waals surface area contributed by atoms with Gasteiger partial charge in [-0.05, 0) is 18.3 Å². The maximum absolute atomic E-state index is 12.2. The second kappa shape index (κ2) is 6.15. The smallest absolute Gasteiger partial charge is 0.307 e. The number of aliphatic carboxylic acids is 1. The van der Waals surface area contributed by atoms with Crippen molar-refractivity contribution in [2.45, 2.75) is 13.3 Å². The van der Waals surface area contributed by atoms with E-state index in [4.69, 9.17) is 0 Å². The van der Waals surface area contributed by atoms with Gasteiger partial charge in [0.25, 0.3) is 0 Å². The summed E-state index contributed by atoms with van der Waals surface area (Å²) < 4.78 is 25.3. The molecule has 118 valence electrons. The lowest BCUT2D eigenvalue weighted by atomic mass is 9.82. The molecule has 21 heavy (non-hydrogen) atoms. The third-order valence-electron chi connectivity index (χ3n) is 4.08. The molecule has 1 amide bonds. The Morgan fingerprint density at radius 1 is 1.24 bits per heavy atom. The summed E-state index contributed by atoms with van der Waals surface area (Å²) in [5.41, 5.74) is 0. The highest BCUT2D eigenvalue weighted by Crippen LogP contribution is 2.48. The summed E-state index contributed by atoms with van der Waals surface area (Å²) in [6, 6.07) is 0. The maximum Gasteiger partial charge on any atom is 0.307 e. The number of hydrogen-bond acceptors (Lipinski definition) is 4. The number of rotatable bonds is 7. The fourth-order valence-corrected chi connectivity index (χ4v) is 4.19. The molecule has 0 aromatic heterocycles. The van der Waals surface area contributed by atoms with Crippen LogP contribution in [-0.4, -0.2) is 44.2 Å². The molecule has 0 aromatic carbocycles. The van der Waals surface area contributed by atoms with Crippen LogP contribution in [0.15, 0.2) is 12.2 Å². The Bertz CT molecular complexity index is 557. The molecule has 0 saturated heterocycles. The number of hydrogen-bond donors (Lipinski definition) is 3. The first kappa shape index (κ1) is 16.0. The van der Waals surface area contributed by atoms with Gasteiger partial charge in [0.05, 0.1) is 17.6 Å². The number of carbonyl (C=O) groups is 2. The largest absolute Gasteiger partial charge is 0.481 e. The molecule has 2 aliphatic carbocycles. The van der Waals surface area contributed by atoms with Gasteiger partial charge in [-0.2, -0.15) is 0 Å². The van der Waals surface area contributed by atoms with E-state index < -0.39 is 27.8 Å². The van der Waals surface area contributed by atoms with Gasteiger partial charge in [-0.3, -0.25) is 9.59 Å². The van der Waals surface area contributed by atoms with Crippen molar-refractivity contribution < 1.29 is 23.1 Å². The summed E-state index contributed by atoms with van der Waals surface area (Å²) >= 11 is 0. The first-order valence-electron chi connectivity index (χ1n) is 7.02. The summed E-state index contributed by atoms with van der Waals surface area (Å²) in [5, 5.41) is 11.8. The van der Waals surface area contributed by atoms with Crippen molar-refractivity contribution in [3.8, 4) is 0 Å². The quantitative estimate of drug-likeness (QED) is 0.551. The lowest BCUT2D eigenvalue weighted by Crippen LogP contribution is -2.42.